The van der Waals surface area contributed by atoms with Crippen LogP contribution in [0.2, 0.25) is 0 Å². The van der Waals surface area contributed by atoms with Gasteiger partial charge in [0.2, 0.25) is 5.91 Å². The summed E-state index contributed by atoms with van der Waals surface area (Å²) in [5.74, 6) is -0.0726. The summed E-state index contributed by atoms with van der Waals surface area (Å²) in [5, 5.41) is 5.09. The van der Waals surface area contributed by atoms with Crippen molar-refractivity contribution in [2.24, 2.45) is 0 Å². The van der Waals surface area contributed by atoms with E-state index >= 15 is 0 Å². The molecule has 1 aromatic heterocycles. The molecular weight excluding hydrogens is 346 g/mol. The number of carbonyl (C=O) groups is 2. The fourth-order valence-electron chi connectivity index (χ4n) is 4.08. The lowest BCUT2D eigenvalue weighted by Gasteiger charge is -2.30. The van der Waals surface area contributed by atoms with Crippen LogP contribution < -0.4 is 11.1 Å². The first-order chi connectivity index (χ1) is 12.6. The van der Waals surface area contributed by atoms with Gasteiger partial charge in [0.15, 0.2) is 0 Å². The minimum atomic E-state index is -0.372. The highest BCUT2D eigenvalue weighted by atomic mass is 32.1. The van der Waals surface area contributed by atoms with Gasteiger partial charge in [-0.15, -0.1) is 11.3 Å². The maximum atomic E-state index is 12.9. The molecule has 1 saturated heterocycles. The number of fused-ring (bicyclic) bond motifs is 1. The number of nitrogens with two attached hydrogens (primary N) is 1. The summed E-state index contributed by atoms with van der Waals surface area (Å²) in [5.41, 5.74) is 9.04. The quantitative estimate of drug-likeness (QED) is 0.816. The molecule has 136 valence electrons. The Morgan fingerprint density at radius 2 is 2.08 bits per heavy atom. The summed E-state index contributed by atoms with van der Waals surface area (Å²) in [6, 6.07) is 9.25. The average molecular weight is 369 g/mol. The maximum absolute atomic E-state index is 12.9. The number of carbonyl (C=O) groups excluding carboxylic acids is 2. The van der Waals surface area contributed by atoms with E-state index in [9.17, 15) is 9.59 Å². The number of nitrogen functional groups attached to an aromatic ring is 1. The van der Waals surface area contributed by atoms with Gasteiger partial charge in [-0.05, 0) is 66.8 Å². The number of aryl methyl sites for hydroxylation is 1. The number of nitrogens with zero attached hydrogens (tertiary/aromatic N) is 1. The van der Waals surface area contributed by atoms with Gasteiger partial charge in [-0.3, -0.25) is 9.59 Å². The van der Waals surface area contributed by atoms with Crippen LogP contribution in [-0.2, 0) is 11.2 Å². The van der Waals surface area contributed by atoms with E-state index in [4.69, 9.17) is 5.73 Å². The molecule has 2 aliphatic rings. The van der Waals surface area contributed by atoms with Crippen molar-refractivity contribution in [1.82, 2.24) is 10.2 Å². The predicted molar refractivity (Wildman–Crippen MR) is 103 cm³/mol. The Morgan fingerprint density at radius 1 is 1.19 bits per heavy atom. The number of amides is 2. The van der Waals surface area contributed by atoms with Crippen molar-refractivity contribution in [3.63, 3.8) is 0 Å². The molecule has 2 heterocycles. The SMILES string of the molecule is Nc1ccc2c(c1)CCCC2NC(=O)C1CCCN1C(=O)c1cccs1. The van der Waals surface area contributed by atoms with Crippen LogP contribution in [0, 0.1) is 0 Å². The number of thiophene rings is 1. The highest BCUT2D eigenvalue weighted by Gasteiger charge is 2.36. The predicted octanol–water partition coefficient (Wildman–Crippen LogP) is 3.13. The molecule has 1 fully saturated rings. The van der Waals surface area contributed by atoms with Gasteiger partial charge < -0.3 is 16.0 Å². The highest BCUT2D eigenvalue weighted by Crippen LogP contribution is 2.32. The van der Waals surface area contributed by atoms with Gasteiger partial charge in [0.25, 0.3) is 5.91 Å². The number of likely N-dealkylation sites (tertiary alicyclic amines) is 1. The number of anilines is 1. The molecule has 2 amide bonds. The Labute approximate surface area is 157 Å². The van der Waals surface area contributed by atoms with Crippen LogP contribution in [0.1, 0.15) is 52.5 Å². The second-order valence-electron chi connectivity index (χ2n) is 7.05. The Bertz CT molecular complexity index is 818. The zero-order valence-corrected chi connectivity index (χ0v) is 15.4. The molecule has 2 unspecified atom stereocenters. The van der Waals surface area contributed by atoms with Crippen LogP contribution in [-0.4, -0.2) is 29.3 Å². The second-order valence-corrected chi connectivity index (χ2v) is 7.99. The van der Waals surface area contributed by atoms with Gasteiger partial charge in [-0.2, -0.15) is 0 Å². The van der Waals surface area contributed by atoms with Crippen LogP contribution in [0.4, 0.5) is 5.69 Å². The van der Waals surface area contributed by atoms with E-state index in [0.29, 0.717) is 11.4 Å². The molecule has 4 rings (SSSR count). The second kappa shape index (κ2) is 7.11. The van der Waals surface area contributed by atoms with E-state index in [-0.39, 0.29) is 23.9 Å². The van der Waals surface area contributed by atoms with Gasteiger partial charge in [-0.25, -0.2) is 0 Å². The molecule has 6 heteroatoms. The van der Waals surface area contributed by atoms with E-state index in [1.54, 1.807) is 4.90 Å². The topological polar surface area (TPSA) is 75.4 Å². The fraction of sp³-hybridized carbons (Fsp3) is 0.400. The van der Waals surface area contributed by atoms with Gasteiger partial charge in [0.1, 0.15) is 6.04 Å². The highest BCUT2D eigenvalue weighted by molar-refractivity contribution is 7.12. The third-order valence-electron chi connectivity index (χ3n) is 5.35. The monoisotopic (exact) mass is 369 g/mol. The largest absolute Gasteiger partial charge is 0.399 e. The number of nitrogens with one attached hydrogen (secondary N) is 1. The Balaban J connectivity index is 1.49. The van der Waals surface area contributed by atoms with Gasteiger partial charge in [0, 0.05) is 12.2 Å². The molecule has 1 aliphatic carbocycles. The van der Waals surface area contributed by atoms with Gasteiger partial charge >= 0.3 is 0 Å². The molecular formula is C20H23N3O2S. The van der Waals surface area contributed by atoms with E-state index in [0.717, 1.165) is 43.4 Å². The molecule has 3 N–H and O–H groups in total. The lowest BCUT2D eigenvalue weighted by atomic mass is 9.87. The first-order valence-electron chi connectivity index (χ1n) is 9.16. The molecule has 5 nitrogen and oxygen atoms in total. The van der Waals surface area contributed by atoms with Crippen molar-refractivity contribution in [1.29, 1.82) is 0 Å². The minimum Gasteiger partial charge on any atom is -0.399 e. The lowest BCUT2D eigenvalue weighted by molar-refractivity contribution is -0.125. The minimum absolute atomic E-state index is 0.00569. The van der Waals surface area contributed by atoms with Crippen molar-refractivity contribution >= 4 is 28.8 Å². The van der Waals surface area contributed by atoms with Crippen molar-refractivity contribution in [3.8, 4) is 0 Å². The maximum Gasteiger partial charge on any atom is 0.264 e. The van der Waals surface area contributed by atoms with Crippen LogP contribution in [0.5, 0.6) is 0 Å². The molecule has 1 aliphatic heterocycles. The fourth-order valence-corrected chi connectivity index (χ4v) is 4.76. The summed E-state index contributed by atoms with van der Waals surface area (Å²) in [6.07, 6.45) is 4.55. The molecule has 26 heavy (non-hydrogen) atoms. The van der Waals surface area contributed by atoms with Crippen molar-refractivity contribution in [3.05, 3.63) is 51.7 Å². The van der Waals surface area contributed by atoms with Crippen LogP contribution in [0.15, 0.2) is 35.7 Å². The number of benzene rings is 1. The van der Waals surface area contributed by atoms with E-state index in [2.05, 4.69) is 5.32 Å². The number of hydrogen-bond acceptors (Lipinski definition) is 4. The van der Waals surface area contributed by atoms with Crippen LogP contribution in [0.3, 0.4) is 0 Å². The smallest absolute Gasteiger partial charge is 0.264 e. The first kappa shape index (κ1) is 17.1. The summed E-state index contributed by atoms with van der Waals surface area (Å²) in [6.45, 7) is 0.645. The number of rotatable bonds is 3. The summed E-state index contributed by atoms with van der Waals surface area (Å²) < 4.78 is 0. The van der Waals surface area contributed by atoms with Crippen molar-refractivity contribution in [2.75, 3.05) is 12.3 Å². The Hall–Kier alpha value is -2.34. The first-order valence-corrected chi connectivity index (χ1v) is 10.0. The zero-order valence-electron chi connectivity index (χ0n) is 14.6. The molecule has 2 atom stereocenters. The summed E-state index contributed by atoms with van der Waals surface area (Å²) in [4.78, 5) is 28.1. The third kappa shape index (κ3) is 3.21. The molecule has 0 spiro atoms. The Kier molecular flexibility index (Phi) is 4.68. The lowest BCUT2D eigenvalue weighted by Crippen LogP contribution is -2.47. The van der Waals surface area contributed by atoms with Crippen LogP contribution >= 0.6 is 11.3 Å². The van der Waals surface area contributed by atoms with E-state index < -0.39 is 0 Å². The summed E-state index contributed by atoms with van der Waals surface area (Å²) >= 11 is 1.42. The molecule has 0 bridgehead atoms. The Morgan fingerprint density at radius 3 is 2.88 bits per heavy atom. The van der Waals surface area contributed by atoms with Gasteiger partial charge in [0.05, 0.1) is 10.9 Å². The third-order valence-corrected chi connectivity index (χ3v) is 6.20. The molecule has 1 aromatic carbocycles. The standard InChI is InChI=1S/C20H23N3O2S/c21-14-8-9-15-13(12-14)4-1-5-16(15)22-19(24)17-6-2-10-23(17)20(25)18-7-3-11-26-18/h3,7-9,11-12,16-17H,1-2,4-6,10,21H2,(H,22,24). The zero-order chi connectivity index (χ0) is 18.1. The van der Waals surface area contributed by atoms with Crippen molar-refractivity contribution < 1.29 is 9.59 Å². The molecule has 0 saturated carbocycles. The van der Waals surface area contributed by atoms with E-state index in [1.165, 1.54) is 16.9 Å². The van der Waals surface area contributed by atoms with Crippen molar-refractivity contribution in [2.45, 2.75) is 44.2 Å². The van der Waals surface area contributed by atoms with E-state index in [1.807, 2.05) is 35.7 Å². The average Bonchev–Trinajstić information content (AvgIpc) is 3.33. The van der Waals surface area contributed by atoms with Crippen LogP contribution in [0.25, 0.3) is 0 Å². The summed E-state index contributed by atoms with van der Waals surface area (Å²) in [7, 11) is 0. The molecule has 0 radical (unpaired) electrons. The molecule has 2 aromatic rings. The normalized spacial score (nSPS) is 22.1. The number of hydrogen-bond donors (Lipinski definition) is 2. The van der Waals surface area contributed by atoms with Gasteiger partial charge in [-0.1, -0.05) is 12.1 Å².